The van der Waals surface area contributed by atoms with Crippen molar-refractivity contribution in [3.63, 3.8) is 0 Å². The molecule has 0 spiro atoms. The Morgan fingerprint density at radius 2 is 1.28 bits per heavy atom. The topological polar surface area (TPSA) is 29.5 Å². The van der Waals surface area contributed by atoms with Gasteiger partial charge in [0.2, 0.25) is 0 Å². The van der Waals surface area contributed by atoms with Gasteiger partial charge in [0, 0.05) is 7.11 Å². The summed E-state index contributed by atoms with van der Waals surface area (Å²) in [5, 5.41) is 11.1. The van der Waals surface area contributed by atoms with E-state index in [-0.39, 0.29) is 6.10 Å². The maximum atomic E-state index is 11.1. The van der Waals surface area contributed by atoms with Crippen LogP contribution in [0.5, 0.6) is 0 Å². The van der Waals surface area contributed by atoms with Gasteiger partial charge in [0.25, 0.3) is 0 Å². The van der Waals surface area contributed by atoms with Gasteiger partial charge in [-0.1, -0.05) is 60.7 Å². The highest BCUT2D eigenvalue weighted by molar-refractivity contribution is 5.37. The number of benzene rings is 2. The molecule has 2 aromatic carbocycles. The van der Waals surface area contributed by atoms with Crippen molar-refractivity contribution in [3.8, 4) is 0 Å². The van der Waals surface area contributed by atoms with Gasteiger partial charge in [0.05, 0.1) is 6.10 Å². The number of rotatable bonds is 4. The molecule has 1 atom stereocenters. The lowest BCUT2D eigenvalue weighted by Crippen LogP contribution is -2.40. The van der Waals surface area contributed by atoms with E-state index in [1.807, 2.05) is 67.6 Å². The standard InChI is InChI=1S/C16H18O2/c1-13(18-2)16(17,14-9-5-3-6-10-14)15-11-7-4-8-12-15/h3-13,17H,1-2H3/t13-/m0/s1. The average molecular weight is 242 g/mol. The summed E-state index contributed by atoms with van der Waals surface area (Å²) < 4.78 is 5.37. The van der Waals surface area contributed by atoms with Crippen LogP contribution in [-0.2, 0) is 10.3 Å². The molecule has 94 valence electrons. The predicted molar refractivity (Wildman–Crippen MR) is 72.4 cm³/mol. The van der Waals surface area contributed by atoms with Gasteiger partial charge in [-0.15, -0.1) is 0 Å². The zero-order chi connectivity index (χ0) is 13.0. The highest BCUT2D eigenvalue weighted by atomic mass is 16.5. The van der Waals surface area contributed by atoms with Crippen LogP contribution in [-0.4, -0.2) is 18.3 Å². The highest BCUT2D eigenvalue weighted by Crippen LogP contribution is 2.34. The van der Waals surface area contributed by atoms with Crippen LogP contribution in [0.1, 0.15) is 18.1 Å². The van der Waals surface area contributed by atoms with E-state index in [9.17, 15) is 5.11 Å². The summed E-state index contributed by atoms with van der Waals surface area (Å²) in [6.45, 7) is 1.88. The van der Waals surface area contributed by atoms with Crippen LogP contribution < -0.4 is 0 Å². The van der Waals surface area contributed by atoms with Crippen LogP contribution in [0.3, 0.4) is 0 Å². The molecule has 1 N–H and O–H groups in total. The van der Waals surface area contributed by atoms with Gasteiger partial charge in [-0.25, -0.2) is 0 Å². The summed E-state index contributed by atoms with van der Waals surface area (Å²) in [4.78, 5) is 0. The lowest BCUT2D eigenvalue weighted by Gasteiger charge is -2.34. The molecule has 2 heteroatoms. The second kappa shape index (κ2) is 5.34. The van der Waals surface area contributed by atoms with Crippen molar-refractivity contribution in [3.05, 3.63) is 71.8 Å². The van der Waals surface area contributed by atoms with E-state index in [1.165, 1.54) is 0 Å². The second-order valence-corrected chi connectivity index (χ2v) is 4.38. The number of methoxy groups -OCH3 is 1. The van der Waals surface area contributed by atoms with E-state index in [0.29, 0.717) is 0 Å². The smallest absolute Gasteiger partial charge is 0.140 e. The molecule has 0 aliphatic rings. The third kappa shape index (κ3) is 2.17. The molecule has 0 saturated heterocycles. The Labute approximate surface area is 108 Å². The molecule has 0 amide bonds. The lowest BCUT2D eigenvalue weighted by atomic mass is 9.82. The molecule has 0 fully saturated rings. The lowest BCUT2D eigenvalue weighted by molar-refractivity contribution is -0.0616. The van der Waals surface area contributed by atoms with Crippen molar-refractivity contribution in [2.75, 3.05) is 7.11 Å². The fourth-order valence-corrected chi connectivity index (χ4v) is 2.19. The Hall–Kier alpha value is -1.64. The summed E-state index contributed by atoms with van der Waals surface area (Å²) in [5.74, 6) is 0. The molecular formula is C16H18O2. The number of hydrogen-bond acceptors (Lipinski definition) is 2. The van der Waals surface area contributed by atoms with Gasteiger partial charge in [0.1, 0.15) is 5.60 Å². The highest BCUT2D eigenvalue weighted by Gasteiger charge is 2.37. The minimum absolute atomic E-state index is 0.331. The van der Waals surface area contributed by atoms with Crippen LogP contribution in [0, 0.1) is 0 Å². The molecule has 2 aromatic rings. The predicted octanol–water partition coefficient (Wildman–Crippen LogP) is 2.96. The molecule has 0 saturated carbocycles. The third-order valence-corrected chi connectivity index (χ3v) is 3.37. The van der Waals surface area contributed by atoms with E-state index >= 15 is 0 Å². The first-order valence-electron chi connectivity index (χ1n) is 6.05. The normalized spacial score (nSPS) is 13.3. The van der Waals surface area contributed by atoms with Crippen molar-refractivity contribution >= 4 is 0 Å². The largest absolute Gasteiger partial charge is 0.378 e. The Kier molecular flexibility index (Phi) is 3.80. The summed E-state index contributed by atoms with van der Waals surface area (Å²) >= 11 is 0. The van der Waals surface area contributed by atoms with E-state index in [0.717, 1.165) is 11.1 Å². The SMILES string of the molecule is CO[C@@H](C)C(O)(c1ccccc1)c1ccccc1. The van der Waals surface area contributed by atoms with Crippen molar-refractivity contribution in [2.45, 2.75) is 18.6 Å². The van der Waals surface area contributed by atoms with Crippen molar-refractivity contribution in [1.29, 1.82) is 0 Å². The minimum atomic E-state index is -1.13. The quantitative estimate of drug-likeness (QED) is 0.893. The van der Waals surface area contributed by atoms with Gasteiger partial charge in [-0.3, -0.25) is 0 Å². The van der Waals surface area contributed by atoms with Crippen LogP contribution in [0.15, 0.2) is 60.7 Å². The van der Waals surface area contributed by atoms with Crippen molar-refractivity contribution < 1.29 is 9.84 Å². The molecule has 0 aromatic heterocycles. The minimum Gasteiger partial charge on any atom is -0.378 e. The Morgan fingerprint density at radius 3 is 1.61 bits per heavy atom. The molecular weight excluding hydrogens is 224 g/mol. The number of hydrogen-bond donors (Lipinski definition) is 1. The van der Waals surface area contributed by atoms with Gasteiger partial charge in [0.15, 0.2) is 0 Å². The van der Waals surface area contributed by atoms with Gasteiger partial charge < -0.3 is 9.84 Å². The summed E-state index contributed by atoms with van der Waals surface area (Å²) in [6, 6.07) is 19.2. The molecule has 18 heavy (non-hydrogen) atoms. The molecule has 2 rings (SSSR count). The molecule has 0 aliphatic heterocycles. The molecule has 0 aliphatic carbocycles. The van der Waals surface area contributed by atoms with Crippen LogP contribution >= 0.6 is 0 Å². The van der Waals surface area contributed by atoms with Crippen molar-refractivity contribution in [2.24, 2.45) is 0 Å². The Balaban J connectivity index is 2.55. The Bertz CT molecular complexity index is 439. The summed E-state index contributed by atoms with van der Waals surface area (Å²) in [5.41, 5.74) is 0.549. The summed E-state index contributed by atoms with van der Waals surface area (Å²) in [6.07, 6.45) is -0.331. The summed E-state index contributed by atoms with van der Waals surface area (Å²) in [7, 11) is 1.61. The molecule has 0 heterocycles. The molecule has 0 radical (unpaired) electrons. The molecule has 2 nitrogen and oxygen atoms in total. The molecule has 0 unspecified atom stereocenters. The van der Waals surface area contributed by atoms with Crippen LogP contribution in [0.25, 0.3) is 0 Å². The molecule has 0 bridgehead atoms. The fourth-order valence-electron chi connectivity index (χ4n) is 2.19. The zero-order valence-electron chi connectivity index (χ0n) is 10.7. The third-order valence-electron chi connectivity index (χ3n) is 3.37. The first-order valence-corrected chi connectivity index (χ1v) is 6.05. The maximum absolute atomic E-state index is 11.1. The first kappa shape index (κ1) is 12.8. The Morgan fingerprint density at radius 1 is 0.889 bits per heavy atom. The van der Waals surface area contributed by atoms with Crippen LogP contribution in [0.2, 0.25) is 0 Å². The van der Waals surface area contributed by atoms with E-state index in [4.69, 9.17) is 4.74 Å². The van der Waals surface area contributed by atoms with Gasteiger partial charge >= 0.3 is 0 Å². The van der Waals surface area contributed by atoms with E-state index in [1.54, 1.807) is 7.11 Å². The van der Waals surface area contributed by atoms with E-state index < -0.39 is 5.60 Å². The maximum Gasteiger partial charge on any atom is 0.140 e. The monoisotopic (exact) mass is 242 g/mol. The van der Waals surface area contributed by atoms with Gasteiger partial charge in [-0.05, 0) is 18.1 Å². The van der Waals surface area contributed by atoms with Crippen LogP contribution in [0.4, 0.5) is 0 Å². The average Bonchev–Trinajstić information content (AvgIpc) is 2.47. The number of aliphatic hydroxyl groups is 1. The van der Waals surface area contributed by atoms with Crippen molar-refractivity contribution in [1.82, 2.24) is 0 Å². The zero-order valence-corrected chi connectivity index (χ0v) is 10.7. The fraction of sp³-hybridized carbons (Fsp3) is 0.250. The van der Waals surface area contributed by atoms with Gasteiger partial charge in [-0.2, -0.15) is 0 Å². The first-order chi connectivity index (χ1) is 8.69. The van der Waals surface area contributed by atoms with E-state index in [2.05, 4.69) is 0 Å². The second-order valence-electron chi connectivity index (χ2n) is 4.38. The number of ether oxygens (including phenoxy) is 1.